The number of aromatic nitrogens is 3. The Morgan fingerprint density at radius 3 is 3.26 bits per heavy atom. The quantitative estimate of drug-likeness (QED) is 0.824. The minimum absolute atomic E-state index is 0.151. The standard InChI is InChI=1S/C16H20N4O2S/c1-2-23-15-8-12(5-6-17-15)16(21)19-13-9-18-20(10-13)11-14-4-3-7-22-14/h5-6,8-10,14H,2-4,7,11H2,1H3,(H,19,21)/t14-/m0/s1. The van der Waals surface area contributed by atoms with Gasteiger partial charge in [0.15, 0.2) is 0 Å². The third kappa shape index (κ3) is 4.33. The Morgan fingerprint density at radius 1 is 1.57 bits per heavy atom. The van der Waals surface area contributed by atoms with Crippen molar-refractivity contribution in [1.82, 2.24) is 14.8 Å². The van der Waals surface area contributed by atoms with Crippen LogP contribution in [0.4, 0.5) is 5.69 Å². The minimum Gasteiger partial charge on any atom is -0.376 e. The molecule has 0 bridgehead atoms. The van der Waals surface area contributed by atoms with Crippen LogP contribution in [-0.4, -0.2) is 39.1 Å². The fraction of sp³-hybridized carbons (Fsp3) is 0.438. The Hall–Kier alpha value is -1.86. The summed E-state index contributed by atoms with van der Waals surface area (Å²) in [5.41, 5.74) is 1.29. The number of anilines is 1. The van der Waals surface area contributed by atoms with E-state index < -0.39 is 0 Å². The molecule has 0 radical (unpaired) electrons. The Labute approximate surface area is 139 Å². The lowest BCUT2D eigenvalue weighted by Crippen LogP contribution is -2.15. The van der Waals surface area contributed by atoms with Gasteiger partial charge in [0.1, 0.15) is 0 Å². The van der Waals surface area contributed by atoms with Crippen LogP contribution in [0.15, 0.2) is 35.7 Å². The lowest BCUT2D eigenvalue weighted by Gasteiger charge is -2.08. The van der Waals surface area contributed by atoms with E-state index in [0.29, 0.717) is 11.3 Å². The summed E-state index contributed by atoms with van der Waals surface area (Å²) in [6.07, 6.45) is 7.56. The monoisotopic (exact) mass is 332 g/mol. The number of hydrogen-bond acceptors (Lipinski definition) is 5. The van der Waals surface area contributed by atoms with E-state index >= 15 is 0 Å². The van der Waals surface area contributed by atoms with Crippen molar-refractivity contribution in [3.05, 3.63) is 36.3 Å². The first-order valence-corrected chi connectivity index (χ1v) is 8.77. The molecule has 0 saturated carbocycles. The molecule has 1 fully saturated rings. The van der Waals surface area contributed by atoms with Crippen LogP contribution in [0.3, 0.4) is 0 Å². The Bertz CT molecular complexity index is 668. The molecule has 1 saturated heterocycles. The molecule has 23 heavy (non-hydrogen) atoms. The van der Waals surface area contributed by atoms with Gasteiger partial charge in [-0.1, -0.05) is 6.92 Å². The van der Waals surface area contributed by atoms with Crippen LogP contribution in [0.1, 0.15) is 30.1 Å². The average Bonchev–Trinajstić information content (AvgIpc) is 3.21. The first-order valence-electron chi connectivity index (χ1n) is 7.79. The lowest BCUT2D eigenvalue weighted by atomic mass is 10.2. The summed E-state index contributed by atoms with van der Waals surface area (Å²) in [5.74, 6) is 0.774. The number of thioether (sulfide) groups is 1. The maximum atomic E-state index is 12.3. The number of pyridine rings is 1. The van der Waals surface area contributed by atoms with Crippen molar-refractivity contribution in [1.29, 1.82) is 0 Å². The molecule has 0 unspecified atom stereocenters. The van der Waals surface area contributed by atoms with Crippen molar-refractivity contribution in [2.45, 2.75) is 37.4 Å². The van der Waals surface area contributed by atoms with Crippen molar-refractivity contribution >= 4 is 23.4 Å². The summed E-state index contributed by atoms with van der Waals surface area (Å²) in [6, 6.07) is 3.52. The second kappa shape index (κ2) is 7.61. The number of amides is 1. The molecular formula is C16H20N4O2S. The van der Waals surface area contributed by atoms with Gasteiger partial charge >= 0.3 is 0 Å². The van der Waals surface area contributed by atoms with Gasteiger partial charge in [-0.2, -0.15) is 5.10 Å². The van der Waals surface area contributed by atoms with Crippen LogP contribution in [0.5, 0.6) is 0 Å². The van der Waals surface area contributed by atoms with Crippen LogP contribution < -0.4 is 5.32 Å². The predicted molar refractivity (Wildman–Crippen MR) is 89.8 cm³/mol. The highest BCUT2D eigenvalue weighted by Gasteiger charge is 2.16. The van der Waals surface area contributed by atoms with E-state index in [1.54, 1.807) is 36.3 Å². The molecule has 2 aromatic heterocycles. The van der Waals surface area contributed by atoms with E-state index in [4.69, 9.17) is 4.74 Å². The number of nitrogens with zero attached hydrogens (tertiary/aromatic N) is 3. The van der Waals surface area contributed by atoms with Crippen LogP contribution in [0, 0.1) is 0 Å². The second-order valence-electron chi connectivity index (χ2n) is 5.36. The minimum atomic E-state index is -0.151. The highest BCUT2D eigenvalue weighted by atomic mass is 32.2. The number of ether oxygens (including phenoxy) is 1. The molecule has 1 aliphatic heterocycles. The molecule has 0 spiro atoms. The molecule has 122 valence electrons. The van der Waals surface area contributed by atoms with Gasteiger partial charge in [0, 0.05) is 24.6 Å². The summed E-state index contributed by atoms with van der Waals surface area (Å²) in [5, 5.41) is 8.01. The molecule has 0 aromatic carbocycles. The van der Waals surface area contributed by atoms with E-state index in [9.17, 15) is 4.79 Å². The Morgan fingerprint density at radius 2 is 2.48 bits per heavy atom. The summed E-state index contributed by atoms with van der Waals surface area (Å²) < 4.78 is 7.41. The van der Waals surface area contributed by atoms with Crippen LogP contribution >= 0.6 is 11.8 Å². The molecular weight excluding hydrogens is 312 g/mol. The number of rotatable bonds is 6. The SMILES string of the molecule is CCSc1cc(C(=O)Nc2cnn(C[C@@H]3CCCO3)c2)ccn1. The van der Waals surface area contributed by atoms with Gasteiger partial charge in [-0.25, -0.2) is 4.98 Å². The highest BCUT2D eigenvalue weighted by molar-refractivity contribution is 7.99. The van der Waals surface area contributed by atoms with Crippen LogP contribution in [0.2, 0.25) is 0 Å². The van der Waals surface area contributed by atoms with Crippen molar-refractivity contribution in [3.63, 3.8) is 0 Å². The largest absolute Gasteiger partial charge is 0.376 e. The maximum absolute atomic E-state index is 12.3. The zero-order chi connectivity index (χ0) is 16.1. The molecule has 1 atom stereocenters. The van der Waals surface area contributed by atoms with Gasteiger partial charge in [0.25, 0.3) is 5.91 Å². The third-order valence-corrected chi connectivity index (χ3v) is 4.40. The van der Waals surface area contributed by atoms with Crippen molar-refractivity contribution in [2.24, 2.45) is 0 Å². The van der Waals surface area contributed by atoms with E-state index in [1.807, 2.05) is 10.9 Å². The average molecular weight is 332 g/mol. The fourth-order valence-electron chi connectivity index (χ4n) is 2.51. The van der Waals surface area contributed by atoms with Gasteiger partial charge in [0.05, 0.1) is 29.6 Å². The van der Waals surface area contributed by atoms with E-state index in [1.165, 1.54) is 0 Å². The first kappa shape index (κ1) is 16.0. The highest BCUT2D eigenvalue weighted by Crippen LogP contribution is 2.17. The molecule has 1 N–H and O–H groups in total. The van der Waals surface area contributed by atoms with Gasteiger partial charge in [-0.3, -0.25) is 9.48 Å². The summed E-state index contributed by atoms with van der Waals surface area (Å²) >= 11 is 1.61. The van der Waals surface area contributed by atoms with Crippen molar-refractivity contribution in [3.8, 4) is 0 Å². The molecule has 2 aromatic rings. The number of carbonyl (C=O) groups is 1. The first-order chi connectivity index (χ1) is 11.2. The molecule has 0 aliphatic carbocycles. The van der Waals surface area contributed by atoms with Gasteiger partial charge in [-0.15, -0.1) is 11.8 Å². The lowest BCUT2D eigenvalue weighted by molar-refractivity contribution is 0.0940. The fourth-order valence-corrected chi connectivity index (χ4v) is 3.15. The summed E-state index contributed by atoms with van der Waals surface area (Å²) in [7, 11) is 0. The van der Waals surface area contributed by atoms with Crippen LogP contribution in [0.25, 0.3) is 0 Å². The number of nitrogens with one attached hydrogen (secondary N) is 1. The number of hydrogen-bond donors (Lipinski definition) is 1. The van der Waals surface area contributed by atoms with E-state index in [0.717, 1.165) is 36.8 Å². The van der Waals surface area contributed by atoms with E-state index in [2.05, 4.69) is 22.3 Å². The normalized spacial score (nSPS) is 17.3. The Kier molecular flexibility index (Phi) is 5.30. The van der Waals surface area contributed by atoms with Crippen molar-refractivity contribution in [2.75, 3.05) is 17.7 Å². The molecule has 7 heteroatoms. The smallest absolute Gasteiger partial charge is 0.255 e. The molecule has 3 rings (SSSR count). The zero-order valence-corrected chi connectivity index (χ0v) is 13.9. The summed E-state index contributed by atoms with van der Waals surface area (Å²) in [6.45, 7) is 3.61. The Balaban J connectivity index is 1.61. The topological polar surface area (TPSA) is 69.0 Å². The molecule has 1 aliphatic rings. The molecule has 6 nitrogen and oxygen atoms in total. The number of carbonyl (C=O) groups excluding carboxylic acids is 1. The second-order valence-corrected chi connectivity index (χ2v) is 6.64. The molecule has 1 amide bonds. The van der Waals surface area contributed by atoms with Crippen molar-refractivity contribution < 1.29 is 9.53 Å². The zero-order valence-electron chi connectivity index (χ0n) is 13.1. The summed E-state index contributed by atoms with van der Waals surface area (Å²) in [4.78, 5) is 16.5. The van der Waals surface area contributed by atoms with Gasteiger partial charge < -0.3 is 10.1 Å². The van der Waals surface area contributed by atoms with Crippen LogP contribution in [-0.2, 0) is 11.3 Å². The van der Waals surface area contributed by atoms with Gasteiger partial charge in [-0.05, 0) is 30.7 Å². The third-order valence-electron chi connectivity index (χ3n) is 3.60. The van der Waals surface area contributed by atoms with E-state index in [-0.39, 0.29) is 12.0 Å². The predicted octanol–water partition coefficient (Wildman–Crippen LogP) is 2.82. The van der Waals surface area contributed by atoms with Gasteiger partial charge in [0.2, 0.25) is 0 Å². The molecule has 3 heterocycles. The maximum Gasteiger partial charge on any atom is 0.255 e.